The predicted octanol–water partition coefficient (Wildman–Crippen LogP) is 2.65. The van der Waals surface area contributed by atoms with E-state index in [9.17, 15) is 4.79 Å². The molecule has 0 aromatic heterocycles. The number of ether oxygens (including phenoxy) is 1. The molecule has 1 amide bonds. The predicted molar refractivity (Wildman–Crippen MR) is 74.2 cm³/mol. The van der Waals surface area contributed by atoms with Crippen molar-refractivity contribution in [2.75, 3.05) is 26.8 Å². The van der Waals surface area contributed by atoms with Gasteiger partial charge in [0.05, 0.1) is 29.7 Å². The van der Waals surface area contributed by atoms with E-state index in [2.05, 4.69) is 0 Å². The second kappa shape index (κ2) is 7.78. The van der Waals surface area contributed by atoms with E-state index in [1.807, 2.05) is 19.1 Å². The molecular weight excluding hydrogens is 264 g/mol. The Hall–Kier alpha value is -1.57. The van der Waals surface area contributed by atoms with Crippen LogP contribution in [0.5, 0.6) is 0 Å². The summed E-state index contributed by atoms with van der Waals surface area (Å²) in [5.41, 5.74) is 1.33. The summed E-state index contributed by atoms with van der Waals surface area (Å²) < 4.78 is 4.98. The van der Waals surface area contributed by atoms with Gasteiger partial charge in [-0.25, -0.2) is 0 Å². The molecule has 5 heteroatoms. The summed E-state index contributed by atoms with van der Waals surface area (Å²) in [5.74, 6) is -0.166. The molecule has 1 aromatic carbocycles. The molecule has 0 unspecified atom stereocenters. The van der Waals surface area contributed by atoms with Gasteiger partial charge in [-0.2, -0.15) is 5.26 Å². The van der Waals surface area contributed by atoms with E-state index < -0.39 is 0 Å². The molecule has 19 heavy (non-hydrogen) atoms. The molecule has 0 atom stereocenters. The fourth-order valence-electron chi connectivity index (χ4n) is 1.68. The standard InChI is InChI=1S/C14H17ClN2O2/c1-11-5-3-6-12(13(11)15)14(18)17(8-4-7-16)9-10-19-2/h3,5-6H,4,8-10H2,1-2H3. The molecule has 1 aromatic rings. The lowest BCUT2D eigenvalue weighted by molar-refractivity contribution is 0.0700. The second-order valence-corrected chi connectivity index (χ2v) is 4.51. The van der Waals surface area contributed by atoms with E-state index in [0.717, 1.165) is 5.56 Å². The summed E-state index contributed by atoms with van der Waals surface area (Å²) in [6.07, 6.45) is 0.291. The Kier molecular flexibility index (Phi) is 6.34. The number of aryl methyl sites for hydroxylation is 1. The van der Waals surface area contributed by atoms with Crippen LogP contribution in [0.3, 0.4) is 0 Å². The fourth-order valence-corrected chi connectivity index (χ4v) is 1.89. The number of carbonyl (C=O) groups excluding carboxylic acids is 1. The highest BCUT2D eigenvalue weighted by Gasteiger charge is 2.18. The van der Waals surface area contributed by atoms with E-state index in [0.29, 0.717) is 36.7 Å². The maximum atomic E-state index is 12.4. The minimum atomic E-state index is -0.166. The van der Waals surface area contributed by atoms with Crippen LogP contribution in [0, 0.1) is 18.3 Å². The normalized spacial score (nSPS) is 10.0. The summed E-state index contributed by atoms with van der Waals surface area (Å²) in [6.45, 7) is 3.11. The maximum absolute atomic E-state index is 12.4. The Balaban J connectivity index is 2.91. The number of rotatable bonds is 6. The van der Waals surface area contributed by atoms with Crippen molar-refractivity contribution >= 4 is 17.5 Å². The zero-order valence-corrected chi connectivity index (χ0v) is 11.9. The molecule has 0 heterocycles. The van der Waals surface area contributed by atoms with Crippen molar-refractivity contribution in [3.8, 4) is 6.07 Å². The third kappa shape index (κ3) is 4.23. The molecule has 0 saturated heterocycles. The third-order valence-corrected chi connectivity index (χ3v) is 3.27. The van der Waals surface area contributed by atoms with Crippen LogP contribution in [-0.4, -0.2) is 37.6 Å². The van der Waals surface area contributed by atoms with E-state index in [4.69, 9.17) is 21.6 Å². The van der Waals surface area contributed by atoms with Crippen LogP contribution in [0.1, 0.15) is 22.3 Å². The summed E-state index contributed by atoms with van der Waals surface area (Å²) in [4.78, 5) is 14.0. The van der Waals surface area contributed by atoms with Crippen molar-refractivity contribution in [1.82, 2.24) is 4.90 Å². The van der Waals surface area contributed by atoms with E-state index >= 15 is 0 Å². The molecule has 0 saturated carbocycles. The van der Waals surface area contributed by atoms with Crippen molar-refractivity contribution in [3.63, 3.8) is 0 Å². The summed E-state index contributed by atoms with van der Waals surface area (Å²) >= 11 is 6.16. The summed E-state index contributed by atoms with van der Waals surface area (Å²) in [7, 11) is 1.58. The Labute approximate surface area is 118 Å². The van der Waals surface area contributed by atoms with Gasteiger partial charge in [-0.15, -0.1) is 0 Å². The van der Waals surface area contributed by atoms with Gasteiger partial charge in [0.1, 0.15) is 0 Å². The highest BCUT2D eigenvalue weighted by atomic mass is 35.5. The van der Waals surface area contributed by atoms with Crippen LogP contribution >= 0.6 is 11.6 Å². The number of amides is 1. The lowest BCUT2D eigenvalue weighted by Gasteiger charge is -2.22. The number of benzene rings is 1. The van der Waals surface area contributed by atoms with Gasteiger partial charge in [0.2, 0.25) is 0 Å². The van der Waals surface area contributed by atoms with Crippen molar-refractivity contribution in [2.45, 2.75) is 13.3 Å². The highest BCUT2D eigenvalue weighted by Crippen LogP contribution is 2.21. The topological polar surface area (TPSA) is 53.3 Å². The number of halogens is 1. The maximum Gasteiger partial charge on any atom is 0.255 e. The minimum absolute atomic E-state index is 0.166. The van der Waals surface area contributed by atoms with Gasteiger partial charge in [-0.3, -0.25) is 4.79 Å². The average molecular weight is 281 g/mol. The summed E-state index contributed by atoms with van der Waals surface area (Å²) in [5, 5.41) is 9.11. The van der Waals surface area contributed by atoms with Crippen LogP contribution in [0.25, 0.3) is 0 Å². The van der Waals surface area contributed by atoms with E-state index in [1.165, 1.54) is 0 Å². The zero-order valence-electron chi connectivity index (χ0n) is 11.1. The number of methoxy groups -OCH3 is 1. The minimum Gasteiger partial charge on any atom is -0.383 e. The molecule has 0 fully saturated rings. The van der Waals surface area contributed by atoms with Crippen molar-refractivity contribution in [2.24, 2.45) is 0 Å². The average Bonchev–Trinajstić information content (AvgIpc) is 2.41. The smallest absolute Gasteiger partial charge is 0.255 e. The van der Waals surface area contributed by atoms with E-state index in [-0.39, 0.29) is 5.91 Å². The van der Waals surface area contributed by atoms with Crippen LogP contribution in [-0.2, 0) is 4.74 Å². The zero-order chi connectivity index (χ0) is 14.3. The van der Waals surface area contributed by atoms with Crippen molar-refractivity contribution in [1.29, 1.82) is 5.26 Å². The molecule has 0 aliphatic heterocycles. The highest BCUT2D eigenvalue weighted by molar-refractivity contribution is 6.34. The fraction of sp³-hybridized carbons (Fsp3) is 0.429. The van der Waals surface area contributed by atoms with Crippen LogP contribution in [0.2, 0.25) is 5.02 Å². The third-order valence-electron chi connectivity index (χ3n) is 2.77. The molecule has 0 bridgehead atoms. The first-order valence-corrected chi connectivity index (χ1v) is 6.40. The van der Waals surface area contributed by atoms with Crippen molar-refractivity contribution in [3.05, 3.63) is 34.3 Å². The largest absolute Gasteiger partial charge is 0.383 e. The number of hydrogen-bond acceptors (Lipinski definition) is 3. The van der Waals surface area contributed by atoms with Crippen LogP contribution in [0.4, 0.5) is 0 Å². The molecular formula is C14H17ClN2O2. The van der Waals surface area contributed by atoms with Gasteiger partial charge in [-0.1, -0.05) is 23.7 Å². The van der Waals surface area contributed by atoms with Crippen molar-refractivity contribution < 1.29 is 9.53 Å². The molecule has 0 aliphatic rings. The Morgan fingerprint density at radius 3 is 2.84 bits per heavy atom. The van der Waals surface area contributed by atoms with Gasteiger partial charge in [-0.05, 0) is 18.6 Å². The van der Waals surface area contributed by atoms with Gasteiger partial charge < -0.3 is 9.64 Å². The van der Waals surface area contributed by atoms with Crippen LogP contribution in [0.15, 0.2) is 18.2 Å². The van der Waals surface area contributed by atoms with Crippen LogP contribution < -0.4 is 0 Å². The van der Waals surface area contributed by atoms with Gasteiger partial charge in [0.15, 0.2) is 0 Å². The first-order valence-electron chi connectivity index (χ1n) is 6.02. The summed E-state index contributed by atoms with van der Waals surface area (Å²) in [6, 6.07) is 7.39. The van der Waals surface area contributed by atoms with E-state index in [1.54, 1.807) is 24.1 Å². The Morgan fingerprint density at radius 2 is 2.21 bits per heavy atom. The molecule has 1 rings (SSSR count). The Morgan fingerprint density at radius 1 is 1.47 bits per heavy atom. The lowest BCUT2D eigenvalue weighted by Crippen LogP contribution is -2.35. The molecule has 4 nitrogen and oxygen atoms in total. The number of carbonyl (C=O) groups is 1. The molecule has 0 spiro atoms. The molecule has 0 radical (unpaired) electrons. The van der Waals surface area contributed by atoms with Gasteiger partial charge in [0, 0.05) is 20.2 Å². The number of hydrogen-bond donors (Lipinski definition) is 0. The molecule has 102 valence electrons. The number of nitriles is 1. The van der Waals surface area contributed by atoms with Gasteiger partial charge in [0.25, 0.3) is 5.91 Å². The number of nitrogens with zero attached hydrogens (tertiary/aromatic N) is 2. The lowest BCUT2D eigenvalue weighted by atomic mass is 10.1. The monoisotopic (exact) mass is 280 g/mol. The molecule has 0 N–H and O–H groups in total. The van der Waals surface area contributed by atoms with Gasteiger partial charge >= 0.3 is 0 Å². The SMILES string of the molecule is COCCN(CCC#N)C(=O)c1cccc(C)c1Cl. The molecule has 0 aliphatic carbocycles. The first-order chi connectivity index (χ1) is 9.11. The first kappa shape index (κ1) is 15.5. The Bertz CT molecular complexity index is 483. The quantitative estimate of drug-likeness (QED) is 0.805. The second-order valence-electron chi connectivity index (χ2n) is 4.13.